The first kappa shape index (κ1) is 24.4. The number of pyridine rings is 2. The number of nitrogens with zero attached hydrogens (tertiary/aromatic N) is 7. The Morgan fingerprint density at radius 1 is 0.925 bits per heavy atom. The first-order valence-electron chi connectivity index (χ1n) is 12.4. The molecular formula is C30H21N9O. The highest BCUT2D eigenvalue weighted by Crippen LogP contribution is 2.31. The van der Waals surface area contributed by atoms with Gasteiger partial charge in [0.25, 0.3) is 5.91 Å². The van der Waals surface area contributed by atoms with Gasteiger partial charge in [0.15, 0.2) is 11.5 Å². The van der Waals surface area contributed by atoms with Crippen molar-refractivity contribution in [3.63, 3.8) is 0 Å². The summed E-state index contributed by atoms with van der Waals surface area (Å²) >= 11 is 0. The largest absolute Gasteiger partial charge is 0.383 e. The first-order valence-corrected chi connectivity index (χ1v) is 12.4. The predicted molar refractivity (Wildman–Crippen MR) is 150 cm³/mol. The number of amides is 1. The van der Waals surface area contributed by atoms with Gasteiger partial charge in [-0.25, -0.2) is 24.9 Å². The second-order valence-electron chi connectivity index (χ2n) is 8.86. The molecule has 0 radical (unpaired) electrons. The average molecular weight is 524 g/mol. The maximum absolute atomic E-state index is 12.5. The molecule has 6 aromatic rings. The van der Waals surface area contributed by atoms with Crippen molar-refractivity contribution >= 4 is 22.9 Å². The van der Waals surface area contributed by atoms with Gasteiger partial charge < -0.3 is 11.1 Å². The highest BCUT2D eigenvalue weighted by atomic mass is 16.1. The van der Waals surface area contributed by atoms with E-state index in [4.69, 9.17) is 21.0 Å². The summed E-state index contributed by atoms with van der Waals surface area (Å²) < 4.78 is 1.96. The number of hydrogen-bond donors (Lipinski definition) is 2. The van der Waals surface area contributed by atoms with Crippen LogP contribution in [0.15, 0.2) is 97.5 Å². The van der Waals surface area contributed by atoms with Crippen LogP contribution in [0.2, 0.25) is 0 Å². The van der Waals surface area contributed by atoms with E-state index in [1.54, 1.807) is 6.20 Å². The van der Waals surface area contributed by atoms with Crippen molar-refractivity contribution in [2.75, 3.05) is 5.73 Å². The van der Waals surface area contributed by atoms with E-state index in [1.165, 1.54) is 12.4 Å². The zero-order valence-electron chi connectivity index (χ0n) is 21.1. The fourth-order valence-electron chi connectivity index (χ4n) is 4.34. The number of carbonyl (C=O) groups is 1. The maximum Gasteiger partial charge on any atom is 0.270 e. The smallest absolute Gasteiger partial charge is 0.270 e. The van der Waals surface area contributed by atoms with Crippen LogP contribution >= 0.6 is 0 Å². The van der Waals surface area contributed by atoms with Crippen molar-refractivity contribution in [1.82, 2.24) is 34.8 Å². The summed E-state index contributed by atoms with van der Waals surface area (Å²) in [4.78, 5) is 34.4. The van der Waals surface area contributed by atoms with Crippen molar-refractivity contribution in [2.45, 2.75) is 6.54 Å². The fourth-order valence-corrected chi connectivity index (χ4v) is 4.34. The zero-order chi connectivity index (χ0) is 27.5. The minimum atomic E-state index is -0.393. The SMILES string of the molecule is N#Cc1cc(C(=O)NCc2ccc(-n3c(-c4cccnc4N)nc4ccc(-c5ccccc5)nc43)cc2)ncn1. The Morgan fingerprint density at radius 2 is 1.75 bits per heavy atom. The topological polar surface area (TPSA) is 148 Å². The third kappa shape index (κ3) is 4.70. The van der Waals surface area contributed by atoms with Gasteiger partial charge >= 0.3 is 0 Å². The molecule has 0 spiro atoms. The number of aromatic nitrogens is 6. The second kappa shape index (κ2) is 10.4. The molecule has 40 heavy (non-hydrogen) atoms. The molecule has 1 amide bonds. The molecular weight excluding hydrogens is 502 g/mol. The van der Waals surface area contributed by atoms with Gasteiger partial charge in [0.1, 0.15) is 35.1 Å². The number of imidazole rings is 1. The van der Waals surface area contributed by atoms with Gasteiger partial charge in [-0.2, -0.15) is 5.26 Å². The lowest BCUT2D eigenvalue weighted by atomic mass is 10.1. The molecule has 10 nitrogen and oxygen atoms in total. The molecule has 0 bridgehead atoms. The number of nitrogens with one attached hydrogen (secondary N) is 1. The van der Waals surface area contributed by atoms with E-state index in [1.807, 2.05) is 89.5 Å². The minimum Gasteiger partial charge on any atom is -0.383 e. The van der Waals surface area contributed by atoms with Crippen LogP contribution in [0.3, 0.4) is 0 Å². The van der Waals surface area contributed by atoms with Crippen molar-refractivity contribution in [2.24, 2.45) is 0 Å². The van der Waals surface area contributed by atoms with Gasteiger partial charge in [-0.1, -0.05) is 42.5 Å². The number of fused-ring (bicyclic) bond motifs is 1. The Kier molecular flexibility index (Phi) is 6.36. The van der Waals surface area contributed by atoms with Crippen LogP contribution in [0.1, 0.15) is 21.7 Å². The number of nitriles is 1. The number of nitrogen functional groups attached to an aromatic ring is 1. The molecule has 0 fully saturated rings. The van der Waals surface area contributed by atoms with Crippen LogP contribution in [0.25, 0.3) is 39.5 Å². The Hall–Kier alpha value is -5.95. The summed E-state index contributed by atoms with van der Waals surface area (Å²) in [6, 6.07) is 28.5. The first-order chi connectivity index (χ1) is 19.6. The monoisotopic (exact) mass is 523 g/mol. The molecule has 0 saturated heterocycles. The normalized spacial score (nSPS) is 10.8. The Balaban J connectivity index is 1.36. The molecule has 3 N–H and O–H groups in total. The highest BCUT2D eigenvalue weighted by molar-refractivity contribution is 5.92. The molecule has 192 valence electrons. The van der Waals surface area contributed by atoms with Gasteiger partial charge in [-0.3, -0.25) is 9.36 Å². The summed E-state index contributed by atoms with van der Waals surface area (Å²) in [7, 11) is 0. The quantitative estimate of drug-likeness (QED) is 0.328. The lowest BCUT2D eigenvalue weighted by Crippen LogP contribution is -2.24. The average Bonchev–Trinajstić information content (AvgIpc) is 3.39. The van der Waals surface area contributed by atoms with Gasteiger partial charge in [0, 0.05) is 30.1 Å². The van der Waals surface area contributed by atoms with Crippen molar-refractivity contribution < 1.29 is 4.79 Å². The molecule has 0 aliphatic heterocycles. The number of anilines is 1. The van der Waals surface area contributed by atoms with E-state index >= 15 is 0 Å². The molecule has 2 aromatic carbocycles. The summed E-state index contributed by atoms with van der Waals surface area (Å²) in [6.07, 6.45) is 2.84. The van der Waals surface area contributed by atoms with Crippen LogP contribution in [0.5, 0.6) is 0 Å². The lowest BCUT2D eigenvalue weighted by molar-refractivity contribution is 0.0945. The van der Waals surface area contributed by atoms with Crippen LogP contribution in [-0.2, 0) is 6.54 Å². The molecule has 0 unspecified atom stereocenters. The number of carbonyl (C=O) groups excluding carboxylic acids is 1. The van der Waals surface area contributed by atoms with Crippen LogP contribution in [0, 0.1) is 11.3 Å². The van der Waals surface area contributed by atoms with Crippen LogP contribution in [0.4, 0.5) is 5.82 Å². The van der Waals surface area contributed by atoms with Gasteiger partial charge in [-0.05, 0) is 42.0 Å². The number of rotatable bonds is 6. The molecule has 0 aliphatic carbocycles. The molecule has 6 rings (SSSR count). The van der Waals surface area contributed by atoms with Gasteiger partial charge in [0.05, 0.1) is 11.3 Å². The number of nitrogens with two attached hydrogens (primary N) is 1. The fraction of sp³-hybridized carbons (Fsp3) is 0.0333. The Labute approximate surface area is 228 Å². The van der Waals surface area contributed by atoms with E-state index in [0.717, 1.165) is 28.0 Å². The summed E-state index contributed by atoms with van der Waals surface area (Å²) in [5.41, 5.74) is 12.1. The van der Waals surface area contributed by atoms with Crippen molar-refractivity contribution in [3.8, 4) is 34.4 Å². The third-order valence-corrected chi connectivity index (χ3v) is 6.32. The Morgan fingerprint density at radius 3 is 2.52 bits per heavy atom. The van der Waals surface area contributed by atoms with E-state index in [0.29, 0.717) is 22.9 Å². The molecule has 4 aromatic heterocycles. The van der Waals surface area contributed by atoms with E-state index < -0.39 is 5.91 Å². The lowest BCUT2D eigenvalue weighted by Gasteiger charge is -2.12. The van der Waals surface area contributed by atoms with E-state index in [-0.39, 0.29) is 17.9 Å². The maximum atomic E-state index is 12.5. The molecule has 0 saturated carbocycles. The summed E-state index contributed by atoms with van der Waals surface area (Å²) in [5.74, 6) is 0.595. The minimum absolute atomic E-state index is 0.131. The molecule has 0 atom stereocenters. The third-order valence-electron chi connectivity index (χ3n) is 6.32. The molecule has 4 heterocycles. The van der Waals surface area contributed by atoms with E-state index in [2.05, 4.69) is 20.3 Å². The predicted octanol–water partition coefficient (Wildman–Crippen LogP) is 4.32. The molecule has 0 aliphatic rings. The zero-order valence-corrected chi connectivity index (χ0v) is 21.1. The van der Waals surface area contributed by atoms with Crippen LogP contribution < -0.4 is 11.1 Å². The Bertz CT molecular complexity index is 1890. The summed E-state index contributed by atoms with van der Waals surface area (Å²) in [6.45, 7) is 0.272. The van der Waals surface area contributed by atoms with Crippen molar-refractivity contribution in [1.29, 1.82) is 5.26 Å². The number of benzene rings is 2. The van der Waals surface area contributed by atoms with Gasteiger partial charge in [0.2, 0.25) is 0 Å². The van der Waals surface area contributed by atoms with Crippen molar-refractivity contribution in [3.05, 3.63) is 114 Å². The van der Waals surface area contributed by atoms with E-state index in [9.17, 15) is 4.79 Å². The molecule has 10 heteroatoms. The second-order valence-corrected chi connectivity index (χ2v) is 8.86. The standard InChI is InChI=1S/C30H21N9O/c31-16-21-15-26(36-18-35-21)30(40)34-17-19-8-10-22(11-9-19)39-28(23-7-4-14-33-27(23)32)38-25-13-12-24(37-29(25)39)20-5-2-1-3-6-20/h1-15,18H,17H2,(H2,32,33)(H,34,40). The van der Waals surface area contributed by atoms with Gasteiger partial charge in [-0.15, -0.1) is 0 Å². The number of hydrogen-bond acceptors (Lipinski definition) is 8. The van der Waals surface area contributed by atoms with Crippen LogP contribution in [-0.4, -0.2) is 35.4 Å². The summed E-state index contributed by atoms with van der Waals surface area (Å²) in [5, 5.41) is 11.8. The highest BCUT2D eigenvalue weighted by Gasteiger charge is 2.19.